The van der Waals surface area contributed by atoms with Gasteiger partial charge in [0.05, 0.1) is 24.0 Å². The van der Waals surface area contributed by atoms with E-state index in [2.05, 4.69) is 15.5 Å². The molecule has 2 heterocycles. The van der Waals surface area contributed by atoms with Gasteiger partial charge in [0.1, 0.15) is 9.33 Å². The Hall–Kier alpha value is -2.21. The third-order valence-corrected chi connectivity index (χ3v) is 8.95. The summed E-state index contributed by atoms with van der Waals surface area (Å²) in [7, 11) is 1.63. The molecule has 8 nitrogen and oxygen atoms in total. The number of unbranched alkanes of at least 4 members (excludes halogenated alkanes) is 2. The summed E-state index contributed by atoms with van der Waals surface area (Å²) in [5, 5.41) is 11.6. The van der Waals surface area contributed by atoms with Crippen molar-refractivity contribution in [3.05, 3.63) is 33.7 Å². The van der Waals surface area contributed by atoms with E-state index in [1.807, 2.05) is 24.3 Å². The van der Waals surface area contributed by atoms with Gasteiger partial charge in [-0.05, 0) is 62.3 Å². The quantitative estimate of drug-likeness (QED) is 0.131. The summed E-state index contributed by atoms with van der Waals surface area (Å²) in [6.07, 6.45) is 10.5. The molecule has 0 atom stereocenters. The van der Waals surface area contributed by atoms with Crippen LogP contribution in [-0.4, -0.2) is 51.0 Å². The molecular weight excluding hydrogens is 564 g/mol. The molecule has 38 heavy (non-hydrogen) atoms. The van der Waals surface area contributed by atoms with Gasteiger partial charge in [0, 0.05) is 13.0 Å². The number of carbonyl (C=O) groups excluding carboxylic acids is 2. The maximum absolute atomic E-state index is 13.0. The number of thioether (sulfide) groups is 1. The number of thiocarbonyl (C=S) groups is 1. The van der Waals surface area contributed by atoms with Crippen molar-refractivity contribution in [2.24, 2.45) is 0 Å². The van der Waals surface area contributed by atoms with Gasteiger partial charge in [0.15, 0.2) is 11.5 Å². The molecule has 1 aromatic carbocycles. The summed E-state index contributed by atoms with van der Waals surface area (Å²) >= 11 is 13.8. The summed E-state index contributed by atoms with van der Waals surface area (Å²) < 4.78 is 12.3. The minimum atomic E-state index is -0.110. The number of anilines is 1. The molecule has 12 heteroatoms. The molecular formula is C26H31ClN4O4S3. The predicted molar refractivity (Wildman–Crippen MR) is 157 cm³/mol. The number of ether oxygens (including phenoxy) is 2. The number of hydrogen-bond donors (Lipinski definition) is 1. The molecule has 0 spiro atoms. The third kappa shape index (κ3) is 7.91. The first-order chi connectivity index (χ1) is 18.5. The molecule has 1 saturated heterocycles. The normalized spacial score (nSPS) is 17.3. The van der Waals surface area contributed by atoms with Crippen LogP contribution in [0.25, 0.3) is 6.08 Å². The van der Waals surface area contributed by atoms with Crippen molar-refractivity contribution in [1.29, 1.82) is 0 Å². The van der Waals surface area contributed by atoms with Crippen LogP contribution in [0.2, 0.25) is 0 Å². The van der Waals surface area contributed by atoms with E-state index in [0.29, 0.717) is 44.5 Å². The van der Waals surface area contributed by atoms with Gasteiger partial charge in [0.25, 0.3) is 5.91 Å². The highest BCUT2D eigenvalue weighted by Gasteiger charge is 2.31. The molecule has 4 rings (SSSR count). The number of nitrogens with zero attached hydrogens (tertiary/aromatic N) is 3. The van der Waals surface area contributed by atoms with Crippen LogP contribution in [0.3, 0.4) is 0 Å². The third-order valence-electron chi connectivity index (χ3n) is 6.32. The number of aromatic nitrogens is 2. The Bertz CT molecular complexity index is 1180. The van der Waals surface area contributed by atoms with Crippen molar-refractivity contribution in [2.75, 3.05) is 19.0 Å². The predicted octanol–water partition coefficient (Wildman–Crippen LogP) is 6.40. The number of nitrogens with one attached hydrogen (secondary N) is 1. The Morgan fingerprint density at radius 2 is 2.03 bits per heavy atom. The smallest absolute Gasteiger partial charge is 0.266 e. The van der Waals surface area contributed by atoms with E-state index in [1.54, 1.807) is 12.0 Å². The number of rotatable bonds is 12. The van der Waals surface area contributed by atoms with Crippen LogP contribution < -0.4 is 14.8 Å². The van der Waals surface area contributed by atoms with Gasteiger partial charge in [-0.1, -0.05) is 54.2 Å². The van der Waals surface area contributed by atoms with Crippen molar-refractivity contribution in [1.82, 2.24) is 15.1 Å². The van der Waals surface area contributed by atoms with Crippen LogP contribution in [0.4, 0.5) is 5.13 Å². The molecule has 1 saturated carbocycles. The van der Waals surface area contributed by atoms with E-state index in [0.717, 1.165) is 37.0 Å². The average molecular weight is 595 g/mol. The first-order valence-corrected chi connectivity index (χ1v) is 15.3. The van der Waals surface area contributed by atoms with E-state index in [4.69, 9.17) is 33.3 Å². The zero-order chi connectivity index (χ0) is 26.9. The molecule has 2 fully saturated rings. The Kier molecular flexibility index (Phi) is 10.8. The molecule has 0 radical (unpaired) electrons. The highest BCUT2D eigenvalue weighted by atomic mass is 35.5. The highest BCUT2D eigenvalue weighted by Crippen LogP contribution is 2.36. The maximum Gasteiger partial charge on any atom is 0.266 e. The average Bonchev–Trinajstić information content (AvgIpc) is 3.48. The van der Waals surface area contributed by atoms with Crippen LogP contribution in [-0.2, 0) is 15.5 Å². The first-order valence-electron chi connectivity index (χ1n) is 12.7. The Balaban J connectivity index is 1.24. The maximum atomic E-state index is 13.0. The molecule has 2 amide bonds. The van der Waals surface area contributed by atoms with Crippen molar-refractivity contribution in [3.8, 4) is 11.5 Å². The zero-order valence-electron chi connectivity index (χ0n) is 21.2. The SMILES string of the molecule is COc1cc(/C=C2\SC(=S)N(CCCCCC(=O)Nc3nnc(CCl)s3)C2=O)ccc1OC1CCCCC1. The molecule has 2 aromatic rings. The lowest BCUT2D eigenvalue weighted by Crippen LogP contribution is -2.29. The van der Waals surface area contributed by atoms with E-state index in [9.17, 15) is 9.59 Å². The van der Waals surface area contributed by atoms with Gasteiger partial charge in [-0.3, -0.25) is 14.5 Å². The van der Waals surface area contributed by atoms with Crippen molar-refractivity contribution in [2.45, 2.75) is 69.8 Å². The number of methoxy groups -OCH3 is 1. The standard InChI is InChI=1S/C26H31ClN4O4S3/c1-34-20-14-17(11-12-19(20)35-18-8-4-2-5-9-18)15-21-24(33)31(26(36)37-21)13-7-3-6-10-22(32)28-25-30-29-23(16-27)38-25/h11-12,14-15,18H,2-10,13,16H2,1H3,(H,28,30,32)/b21-15-. The molecule has 204 valence electrons. The van der Waals surface area contributed by atoms with Crippen molar-refractivity contribution >= 4 is 74.3 Å². The van der Waals surface area contributed by atoms with Gasteiger partial charge in [-0.2, -0.15) is 0 Å². The fourth-order valence-electron chi connectivity index (χ4n) is 4.35. The number of halogens is 1. The lowest BCUT2D eigenvalue weighted by Gasteiger charge is -2.24. The largest absolute Gasteiger partial charge is 0.493 e. The second-order valence-corrected chi connectivity index (χ2v) is 12.1. The fraction of sp³-hybridized carbons (Fsp3) is 0.500. The number of alkyl halides is 1. The van der Waals surface area contributed by atoms with Gasteiger partial charge >= 0.3 is 0 Å². The molecule has 2 aliphatic rings. The topological polar surface area (TPSA) is 93.6 Å². The second-order valence-electron chi connectivity index (χ2n) is 9.11. The van der Waals surface area contributed by atoms with E-state index < -0.39 is 0 Å². The lowest BCUT2D eigenvalue weighted by atomic mass is 9.98. The van der Waals surface area contributed by atoms with E-state index in [-0.39, 0.29) is 23.8 Å². The van der Waals surface area contributed by atoms with E-state index >= 15 is 0 Å². The van der Waals surface area contributed by atoms with Crippen LogP contribution in [0.1, 0.15) is 68.4 Å². The molecule has 1 aliphatic carbocycles. The molecule has 1 aliphatic heterocycles. The number of benzene rings is 1. The summed E-state index contributed by atoms with van der Waals surface area (Å²) in [5.74, 6) is 1.47. The molecule has 1 N–H and O–H groups in total. The van der Waals surface area contributed by atoms with Gasteiger partial charge < -0.3 is 14.8 Å². The minimum Gasteiger partial charge on any atom is -0.493 e. The van der Waals surface area contributed by atoms with Crippen molar-refractivity contribution < 1.29 is 19.1 Å². The summed E-state index contributed by atoms with van der Waals surface area (Å²) in [4.78, 5) is 27.3. The van der Waals surface area contributed by atoms with Gasteiger partial charge in [-0.25, -0.2) is 0 Å². The van der Waals surface area contributed by atoms with Crippen LogP contribution >= 0.6 is 46.9 Å². The zero-order valence-corrected chi connectivity index (χ0v) is 24.4. The monoisotopic (exact) mass is 594 g/mol. The van der Waals surface area contributed by atoms with Gasteiger partial charge in [0.2, 0.25) is 11.0 Å². The molecule has 1 aromatic heterocycles. The number of carbonyl (C=O) groups is 2. The lowest BCUT2D eigenvalue weighted by molar-refractivity contribution is -0.122. The summed E-state index contributed by atoms with van der Waals surface area (Å²) in [5.41, 5.74) is 0.859. The summed E-state index contributed by atoms with van der Waals surface area (Å²) in [6, 6.07) is 5.75. The van der Waals surface area contributed by atoms with Crippen LogP contribution in [0.5, 0.6) is 11.5 Å². The Labute approximate surface area is 241 Å². The fourth-order valence-corrected chi connectivity index (χ4v) is 6.48. The molecule has 0 bridgehead atoms. The Morgan fingerprint density at radius 1 is 1.21 bits per heavy atom. The summed E-state index contributed by atoms with van der Waals surface area (Å²) in [6.45, 7) is 0.524. The second kappa shape index (κ2) is 14.3. The number of hydrogen-bond acceptors (Lipinski definition) is 9. The first kappa shape index (κ1) is 28.8. The van der Waals surface area contributed by atoms with Crippen molar-refractivity contribution in [3.63, 3.8) is 0 Å². The van der Waals surface area contributed by atoms with Crippen LogP contribution in [0, 0.1) is 0 Å². The van der Waals surface area contributed by atoms with Gasteiger partial charge in [-0.15, -0.1) is 21.8 Å². The number of amides is 2. The van der Waals surface area contributed by atoms with E-state index in [1.165, 1.54) is 42.4 Å². The van der Waals surface area contributed by atoms with Crippen LogP contribution in [0.15, 0.2) is 23.1 Å². The minimum absolute atomic E-state index is 0.0920. The Morgan fingerprint density at radius 3 is 2.76 bits per heavy atom. The molecule has 0 unspecified atom stereocenters. The highest BCUT2D eigenvalue weighted by molar-refractivity contribution is 8.26.